The van der Waals surface area contributed by atoms with Crippen molar-refractivity contribution in [1.29, 1.82) is 0 Å². The molecule has 4 heteroatoms. The minimum atomic E-state index is -0.239. The van der Waals surface area contributed by atoms with Crippen molar-refractivity contribution >= 4 is 11.6 Å². The fraction of sp³-hybridized carbons (Fsp3) is 0.200. The molecule has 0 radical (unpaired) electrons. The van der Waals surface area contributed by atoms with Crippen LogP contribution in [0, 0.1) is 6.92 Å². The molecule has 0 saturated heterocycles. The molecule has 0 bridgehead atoms. The number of aryl methyl sites for hydroxylation is 3. The van der Waals surface area contributed by atoms with E-state index >= 15 is 0 Å². The lowest BCUT2D eigenvalue weighted by Gasteiger charge is -2.06. The van der Waals surface area contributed by atoms with Crippen molar-refractivity contribution in [3.8, 4) is 11.5 Å². The highest BCUT2D eigenvalue weighted by atomic mass is 16.4. The van der Waals surface area contributed by atoms with Gasteiger partial charge in [-0.05, 0) is 61.6 Å². The van der Waals surface area contributed by atoms with Crippen LogP contribution in [-0.2, 0) is 12.8 Å². The molecule has 1 heterocycles. The molecule has 0 saturated carbocycles. The van der Waals surface area contributed by atoms with Crippen LogP contribution in [0.5, 0.6) is 0 Å². The lowest BCUT2D eigenvalue weighted by atomic mass is 10.1. The van der Waals surface area contributed by atoms with Gasteiger partial charge in [0.25, 0.3) is 5.91 Å². The number of carbonyl (C=O) groups is 1. The van der Waals surface area contributed by atoms with E-state index in [9.17, 15) is 4.79 Å². The van der Waals surface area contributed by atoms with Gasteiger partial charge in [0.15, 0.2) is 5.69 Å². The number of nitrogens with zero attached hydrogens (tertiary/aromatic N) is 1. The zero-order valence-corrected chi connectivity index (χ0v) is 13.5. The first-order valence-corrected chi connectivity index (χ1v) is 8.17. The second kappa shape index (κ2) is 5.96. The molecule has 0 aliphatic heterocycles. The number of benzene rings is 2. The Kier molecular flexibility index (Phi) is 3.65. The maximum atomic E-state index is 12.5. The summed E-state index contributed by atoms with van der Waals surface area (Å²) in [5, 5.41) is 2.93. The third kappa shape index (κ3) is 2.71. The van der Waals surface area contributed by atoms with Gasteiger partial charge in [-0.25, -0.2) is 4.98 Å². The van der Waals surface area contributed by atoms with Gasteiger partial charge < -0.3 is 9.73 Å². The van der Waals surface area contributed by atoms with Gasteiger partial charge >= 0.3 is 0 Å². The highest BCUT2D eigenvalue weighted by molar-refractivity contribution is 6.03. The van der Waals surface area contributed by atoms with Crippen LogP contribution in [-0.4, -0.2) is 10.9 Å². The standard InChI is InChI=1S/C20H18N2O2/c1-13-18(22-20(24-13)15-6-3-2-4-7-15)19(23)21-17-11-10-14-8-5-9-16(14)12-17/h2-4,6-7,10-12H,5,8-9H2,1H3,(H,21,23). The first-order chi connectivity index (χ1) is 11.7. The first kappa shape index (κ1) is 14.7. The van der Waals surface area contributed by atoms with Crippen LogP contribution in [0.2, 0.25) is 0 Å². The molecule has 1 amide bonds. The van der Waals surface area contributed by atoms with Crippen molar-refractivity contribution in [2.24, 2.45) is 0 Å². The van der Waals surface area contributed by atoms with E-state index in [4.69, 9.17) is 4.42 Å². The van der Waals surface area contributed by atoms with Crippen LogP contribution in [0.1, 0.15) is 33.8 Å². The SMILES string of the molecule is Cc1oc(-c2ccccc2)nc1C(=O)Nc1ccc2c(c1)CCC2. The second-order valence-corrected chi connectivity index (χ2v) is 6.08. The summed E-state index contributed by atoms with van der Waals surface area (Å²) >= 11 is 0. The molecule has 24 heavy (non-hydrogen) atoms. The molecule has 0 fully saturated rings. The molecule has 120 valence electrons. The number of anilines is 1. The van der Waals surface area contributed by atoms with Gasteiger partial charge in [-0.2, -0.15) is 0 Å². The van der Waals surface area contributed by atoms with Crippen LogP contribution >= 0.6 is 0 Å². The van der Waals surface area contributed by atoms with Crippen LogP contribution < -0.4 is 5.32 Å². The molecule has 4 nitrogen and oxygen atoms in total. The Balaban J connectivity index is 1.58. The van der Waals surface area contributed by atoms with Gasteiger partial charge in [0.2, 0.25) is 5.89 Å². The lowest BCUT2D eigenvalue weighted by molar-refractivity contribution is 0.102. The Hall–Kier alpha value is -2.88. The summed E-state index contributed by atoms with van der Waals surface area (Å²) in [6.45, 7) is 1.76. The quantitative estimate of drug-likeness (QED) is 0.779. The number of rotatable bonds is 3. The van der Waals surface area contributed by atoms with Gasteiger partial charge in [-0.3, -0.25) is 4.79 Å². The van der Waals surface area contributed by atoms with Crippen LogP contribution in [0.15, 0.2) is 52.9 Å². The number of fused-ring (bicyclic) bond motifs is 1. The van der Waals surface area contributed by atoms with Crippen LogP contribution in [0.3, 0.4) is 0 Å². The predicted octanol–water partition coefficient (Wildman–Crippen LogP) is 4.39. The third-order valence-corrected chi connectivity index (χ3v) is 4.39. The van der Waals surface area contributed by atoms with Crippen LogP contribution in [0.25, 0.3) is 11.5 Å². The second-order valence-electron chi connectivity index (χ2n) is 6.08. The largest absolute Gasteiger partial charge is 0.441 e. The summed E-state index contributed by atoms with van der Waals surface area (Å²) in [7, 11) is 0. The minimum Gasteiger partial charge on any atom is -0.441 e. The number of oxazole rings is 1. The highest BCUT2D eigenvalue weighted by Crippen LogP contribution is 2.26. The summed E-state index contributed by atoms with van der Waals surface area (Å²) < 4.78 is 5.66. The minimum absolute atomic E-state index is 0.239. The first-order valence-electron chi connectivity index (χ1n) is 8.17. The number of carbonyl (C=O) groups excluding carboxylic acids is 1. The van der Waals surface area contributed by atoms with E-state index in [1.165, 1.54) is 17.5 Å². The Bertz CT molecular complexity index is 897. The zero-order valence-electron chi connectivity index (χ0n) is 13.5. The van der Waals surface area contributed by atoms with E-state index in [2.05, 4.69) is 22.4 Å². The molecular weight excluding hydrogens is 300 g/mol. The molecule has 1 N–H and O–H groups in total. The molecule has 2 aromatic carbocycles. The smallest absolute Gasteiger partial charge is 0.277 e. The van der Waals surface area contributed by atoms with E-state index in [0.29, 0.717) is 17.3 Å². The van der Waals surface area contributed by atoms with Crippen LogP contribution in [0.4, 0.5) is 5.69 Å². The van der Waals surface area contributed by atoms with Gasteiger partial charge in [0.05, 0.1) is 0 Å². The molecule has 3 aromatic rings. The maximum absolute atomic E-state index is 12.5. The summed E-state index contributed by atoms with van der Waals surface area (Å²) in [4.78, 5) is 16.9. The van der Waals surface area contributed by atoms with Crippen molar-refractivity contribution < 1.29 is 9.21 Å². The molecule has 0 spiro atoms. The predicted molar refractivity (Wildman–Crippen MR) is 93.1 cm³/mol. The number of hydrogen-bond acceptors (Lipinski definition) is 3. The van der Waals surface area contributed by atoms with E-state index in [1.807, 2.05) is 36.4 Å². The molecule has 0 unspecified atom stereocenters. The summed E-state index contributed by atoms with van der Waals surface area (Å²) in [5.74, 6) is 0.746. The average molecular weight is 318 g/mol. The third-order valence-electron chi connectivity index (χ3n) is 4.39. The van der Waals surface area contributed by atoms with Crippen molar-refractivity contribution in [2.45, 2.75) is 26.2 Å². The fourth-order valence-electron chi connectivity index (χ4n) is 3.15. The Labute approximate surface area is 140 Å². The molecule has 0 atom stereocenters. The summed E-state index contributed by atoms with van der Waals surface area (Å²) in [6, 6.07) is 15.7. The Morgan fingerprint density at radius 3 is 2.71 bits per heavy atom. The van der Waals surface area contributed by atoms with Crippen molar-refractivity contribution in [1.82, 2.24) is 4.98 Å². The molecule has 4 rings (SSSR count). The maximum Gasteiger partial charge on any atom is 0.277 e. The topological polar surface area (TPSA) is 55.1 Å². The van der Waals surface area contributed by atoms with Gasteiger partial charge in [-0.15, -0.1) is 0 Å². The Morgan fingerprint density at radius 2 is 1.88 bits per heavy atom. The lowest BCUT2D eigenvalue weighted by Crippen LogP contribution is -2.13. The van der Waals surface area contributed by atoms with Gasteiger partial charge in [0, 0.05) is 11.3 Å². The number of hydrogen-bond donors (Lipinski definition) is 1. The molecular formula is C20H18N2O2. The zero-order chi connectivity index (χ0) is 16.5. The Morgan fingerprint density at radius 1 is 1.08 bits per heavy atom. The van der Waals surface area contributed by atoms with E-state index in [1.54, 1.807) is 6.92 Å². The van der Waals surface area contributed by atoms with Crippen molar-refractivity contribution in [2.75, 3.05) is 5.32 Å². The average Bonchev–Trinajstić information content (AvgIpc) is 3.21. The van der Waals surface area contributed by atoms with E-state index < -0.39 is 0 Å². The monoisotopic (exact) mass is 318 g/mol. The summed E-state index contributed by atoms with van der Waals surface area (Å²) in [6.07, 6.45) is 3.40. The number of nitrogens with one attached hydrogen (secondary N) is 1. The van der Waals surface area contributed by atoms with Crippen molar-refractivity contribution in [3.63, 3.8) is 0 Å². The fourth-order valence-corrected chi connectivity index (χ4v) is 3.15. The highest BCUT2D eigenvalue weighted by Gasteiger charge is 2.19. The number of aromatic nitrogens is 1. The van der Waals surface area contributed by atoms with E-state index in [0.717, 1.165) is 24.1 Å². The number of amides is 1. The van der Waals surface area contributed by atoms with Crippen molar-refractivity contribution in [3.05, 3.63) is 71.1 Å². The summed E-state index contributed by atoms with van der Waals surface area (Å²) in [5.41, 5.74) is 4.71. The van der Waals surface area contributed by atoms with Gasteiger partial charge in [-0.1, -0.05) is 24.3 Å². The van der Waals surface area contributed by atoms with E-state index in [-0.39, 0.29) is 5.91 Å². The molecule has 1 aliphatic carbocycles. The molecule has 1 aromatic heterocycles. The van der Waals surface area contributed by atoms with Gasteiger partial charge in [0.1, 0.15) is 5.76 Å². The molecule has 1 aliphatic rings. The normalized spacial score (nSPS) is 12.9.